The molecule has 0 spiro atoms. The monoisotopic (exact) mass is 305 g/mol. The van der Waals surface area contributed by atoms with Crippen molar-refractivity contribution in [2.75, 3.05) is 24.3 Å². The van der Waals surface area contributed by atoms with Gasteiger partial charge in [-0.1, -0.05) is 23.7 Å². The van der Waals surface area contributed by atoms with Crippen LogP contribution in [0.4, 0.5) is 17.1 Å². The molecule has 6 heteroatoms. The molecular weight excluding hydrogens is 290 g/mol. The van der Waals surface area contributed by atoms with Crippen LogP contribution in [0.1, 0.15) is 5.56 Å². The first-order valence-corrected chi connectivity index (χ1v) is 6.79. The summed E-state index contributed by atoms with van der Waals surface area (Å²) < 4.78 is 0. The number of anilines is 2. The molecule has 110 valence electrons. The minimum absolute atomic E-state index is 0.0929. The molecule has 0 heterocycles. The Balaban J connectivity index is 2.08. The third-order valence-electron chi connectivity index (χ3n) is 3.05. The summed E-state index contributed by atoms with van der Waals surface area (Å²) in [6, 6.07) is 12.3. The van der Waals surface area contributed by atoms with E-state index in [4.69, 9.17) is 11.6 Å². The van der Waals surface area contributed by atoms with Gasteiger partial charge >= 0.3 is 0 Å². The number of nitrogens with one attached hydrogen (secondary N) is 1. The van der Waals surface area contributed by atoms with Crippen molar-refractivity contribution in [1.29, 1.82) is 0 Å². The highest BCUT2D eigenvalue weighted by Gasteiger charge is 2.06. The summed E-state index contributed by atoms with van der Waals surface area (Å²) in [6.07, 6.45) is 0. The average Bonchev–Trinajstić information content (AvgIpc) is 2.45. The number of nitro benzene ring substituents is 1. The molecule has 0 aliphatic carbocycles. The molecule has 21 heavy (non-hydrogen) atoms. The minimum Gasteiger partial charge on any atom is -0.381 e. The lowest BCUT2D eigenvalue weighted by Gasteiger charge is -2.15. The van der Waals surface area contributed by atoms with Crippen LogP contribution in [0.15, 0.2) is 42.5 Å². The zero-order valence-corrected chi connectivity index (χ0v) is 12.6. The Morgan fingerprint density at radius 3 is 2.62 bits per heavy atom. The Bertz CT molecular complexity index is 659. The van der Waals surface area contributed by atoms with Gasteiger partial charge in [0.2, 0.25) is 0 Å². The van der Waals surface area contributed by atoms with Gasteiger partial charge in [-0.25, -0.2) is 0 Å². The van der Waals surface area contributed by atoms with E-state index in [-0.39, 0.29) is 5.69 Å². The summed E-state index contributed by atoms with van der Waals surface area (Å²) >= 11 is 6.20. The van der Waals surface area contributed by atoms with Crippen LogP contribution in [0.5, 0.6) is 0 Å². The number of halogens is 1. The largest absolute Gasteiger partial charge is 0.381 e. The first-order chi connectivity index (χ1) is 9.97. The zero-order chi connectivity index (χ0) is 15.4. The summed E-state index contributed by atoms with van der Waals surface area (Å²) in [7, 11) is 3.86. The second-order valence-electron chi connectivity index (χ2n) is 4.84. The maximum atomic E-state index is 10.7. The van der Waals surface area contributed by atoms with E-state index < -0.39 is 4.92 Å². The van der Waals surface area contributed by atoms with Crippen molar-refractivity contribution in [2.24, 2.45) is 0 Å². The molecule has 0 unspecified atom stereocenters. The van der Waals surface area contributed by atoms with Crippen LogP contribution < -0.4 is 10.2 Å². The Labute approximate surface area is 128 Å². The van der Waals surface area contributed by atoms with Gasteiger partial charge < -0.3 is 10.2 Å². The SMILES string of the molecule is CN(C)c1ccc(NCc2cccc([N+](=O)[O-])c2)cc1Cl. The van der Waals surface area contributed by atoms with Crippen molar-refractivity contribution in [3.8, 4) is 0 Å². The smallest absolute Gasteiger partial charge is 0.269 e. The number of nitrogens with zero attached hydrogens (tertiary/aromatic N) is 2. The molecule has 2 aromatic carbocycles. The third kappa shape index (κ3) is 3.86. The second kappa shape index (κ2) is 6.45. The van der Waals surface area contributed by atoms with Gasteiger partial charge in [-0.3, -0.25) is 10.1 Å². The summed E-state index contributed by atoms with van der Waals surface area (Å²) in [5.41, 5.74) is 2.75. The number of non-ortho nitro benzene ring substituents is 1. The molecule has 0 aromatic heterocycles. The quantitative estimate of drug-likeness (QED) is 0.672. The molecule has 5 nitrogen and oxygen atoms in total. The standard InChI is InChI=1S/C15H16ClN3O2/c1-18(2)15-7-6-12(9-14(15)16)17-10-11-4-3-5-13(8-11)19(20)21/h3-9,17H,10H2,1-2H3. The molecule has 2 rings (SSSR count). The van der Waals surface area contributed by atoms with Crippen molar-refractivity contribution in [3.63, 3.8) is 0 Å². The van der Waals surface area contributed by atoms with Crippen molar-refractivity contribution in [3.05, 3.63) is 63.2 Å². The lowest BCUT2D eigenvalue weighted by molar-refractivity contribution is -0.384. The van der Waals surface area contributed by atoms with E-state index in [9.17, 15) is 10.1 Å². The third-order valence-corrected chi connectivity index (χ3v) is 3.35. The van der Waals surface area contributed by atoms with E-state index in [1.54, 1.807) is 12.1 Å². The molecule has 0 saturated heterocycles. The lowest BCUT2D eigenvalue weighted by Crippen LogP contribution is -2.09. The topological polar surface area (TPSA) is 58.4 Å². The van der Waals surface area contributed by atoms with Gasteiger partial charge in [0.05, 0.1) is 15.6 Å². The molecule has 0 amide bonds. The number of hydrogen-bond acceptors (Lipinski definition) is 4. The number of hydrogen-bond donors (Lipinski definition) is 1. The molecule has 2 aromatic rings. The first-order valence-electron chi connectivity index (χ1n) is 6.41. The van der Waals surface area contributed by atoms with E-state index in [1.807, 2.05) is 43.3 Å². The summed E-state index contributed by atoms with van der Waals surface area (Å²) in [6.45, 7) is 0.499. The van der Waals surface area contributed by atoms with E-state index in [2.05, 4.69) is 5.32 Å². The van der Waals surface area contributed by atoms with Crippen molar-refractivity contribution < 1.29 is 4.92 Å². The van der Waals surface area contributed by atoms with Crippen LogP contribution in [0.25, 0.3) is 0 Å². The summed E-state index contributed by atoms with van der Waals surface area (Å²) in [5.74, 6) is 0. The molecule has 0 aliphatic heterocycles. The highest BCUT2D eigenvalue weighted by atomic mass is 35.5. The van der Waals surface area contributed by atoms with Crippen molar-refractivity contribution in [1.82, 2.24) is 0 Å². The lowest BCUT2D eigenvalue weighted by atomic mass is 10.2. The summed E-state index contributed by atoms with van der Waals surface area (Å²) in [5, 5.41) is 14.6. The van der Waals surface area contributed by atoms with Crippen molar-refractivity contribution in [2.45, 2.75) is 6.54 Å². The molecule has 0 saturated carbocycles. The van der Waals surface area contributed by atoms with Gasteiger partial charge in [-0.15, -0.1) is 0 Å². The van der Waals surface area contributed by atoms with Crippen LogP contribution >= 0.6 is 11.6 Å². The van der Waals surface area contributed by atoms with Crippen LogP contribution in [-0.2, 0) is 6.54 Å². The first kappa shape index (κ1) is 15.1. The Morgan fingerprint density at radius 2 is 2.00 bits per heavy atom. The van der Waals surface area contributed by atoms with E-state index in [0.717, 1.165) is 16.9 Å². The molecule has 0 radical (unpaired) electrons. The molecule has 0 fully saturated rings. The highest BCUT2D eigenvalue weighted by Crippen LogP contribution is 2.27. The van der Waals surface area contributed by atoms with Gasteiger partial charge in [0.25, 0.3) is 5.69 Å². The Hall–Kier alpha value is -2.27. The maximum absolute atomic E-state index is 10.7. The Kier molecular flexibility index (Phi) is 4.65. The van der Waals surface area contributed by atoms with Crippen LogP contribution in [0.3, 0.4) is 0 Å². The minimum atomic E-state index is -0.397. The number of rotatable bonds is 5. The predicted octanol–water partition coefficient (Wildman–Crippen LogP) is 3.93. The fourth-order valence-corrected chi connectivity index (χ4v) is 2.31. The van der Waals surface area contributed by atoms with Gasteiger partial charge in [-0.2, -0.15) is 0 Å². The van der Waals surface area contributed by atoms with Gasteiger partial charge in [0.1, 0.15) is 0 Å². The molecular formula is C15H16ClN3O2. The molecule has 1 N–H and O–H groups in total. The van der Waals surface area contributed by atoms with E-state index in [0.29, 0.717) is 11.6 Å². The Morgan fingerprint density at radius 1 is 1.24 bits per heavy atom. The molecule has 0 atom stereocenters. The fourth-order valence-electron chi connectivity index (χ4n) is 1.96. The predicted molar refractivity (Wildman–Crippen MR) is 86.2 cm³/mol. The number of benzene rings is 2. The van der Waals surface area contributed by atoms with Crippen LogP contribution in [0, 0.1) is 10.1 Å². The van der Waals surface area contributed by atoms with Crippen molar-refractivity contribution >= 4 is 28.7 Å². The van der Waals surface area contributed by atoms with E-state index in [1.165, 1.54) is 6.07 Å². The highest BCUT2D eigenvalue weighted by molar-refractivity contribution is 6.33. The molecule has 0 aliphatic rings. The fraction of sp³-hybridized carbons (Fsp3) is 0.200. The average molecular weight is 306 g/mol. The maximum Gasteiger partial charge on any atom is 0.269 e. The van der Waals surface area contributed by atoms with Crippen LogP contribution in [0.2, 0.25) is 5.02 Å². The van der Waals surface area contributed by atoms with Gasteiger partial charge in [0, 0.05) is 38.5 Å². The van der Waals surface area contributed by atoms with Gasteiger partial charge in [0.15, 0.2) is 0 Å². The van der Waals surface area contributed by atoms with E-state index >= 15 is 0 Å². The summed E-state index contributed by atoms with van der Waals surface area (Å²) in [4.78, 5) is 12.3. The molecule has 0 bridgehead atoms. The van der Waals surface area contributed by atoms with Crippen LogP contribution in [-0.4, -0.2) is 19.0 Å². The number of nitro groups is 1. The normalized spacial score (nSPS) is 10.2. The van der Waals surface area contributed by atoms with Gasteiger partial charge in [-0.05, 0) is 23.8 Å². The second-order valence-corrected chi connectivity index (χ2v) is 5.25. The zero-order valence-electron chi connectivity index (χ0n) is 11.8.